The van der Waals surface area contributed by atoms with Crippen LogP contribution in [0.15, 0.2) is 21.9 Å². The van der Waals surface area contributed by atoms with Gasteiger partial charge in [-0.2, -0.15) is 0 Å². The molecule has 12 nitrogen and oxygen atoms in total. The van der Waals surface area contributed by atoms with Crippen LogP contribution in [0, 0.1) is 0 Å². The van der Waals surface area contributed by atoms with E-state index >= 15 is 0 Å². The minimum Gasteiger partial charge on any atom is -0.394 e. The molecule has 0 aliphatic carbocycles. The van der Waals surface area contributed by atoms with E-state index in [-0.39, 0.29) is 0 Å². The number of nitrogens with two attached hydrogens (primary N) is 1. The molecule has 1 aromatic rings. The van der Waals surface area contributed by atoms with Gasteiger partial charge >= 0.3 is 13.4 Å². The van der Waals surface area contributed by atoms with E-state index in [0.717, 1.165) is 12.3 Å². The molecule has 2 rings (SSSR count). The molecule has 1 fully saturated rings. The Morgan fingerprint density at radius 2 is 1.96 bits per heavy atom. The van der Waals surface area contributed by atoms with Gasteiger partial charge in [-0.25, -0.2) is 14.9 Å². The van der Waals surface area contributed by atoms with Crippen LogP contribution in [-0.4, -0.2) is 63.4 Å². The molecule has 148 valence electrons. The Balaban J connectivity index is 2.12. The first-order valence-electron chi connectivity index (χ1n) is 7.60. The Labute approximate surface area is 148 Å². The molecule has 3 unspecified atom stereocenters. The van der Waals surface area contributed by atoms with E-state index in [9.17, 15) is 29.5 Å². The van der Waals surface area contributed by atoms with Crippen LogP contribution >= 0.6 is 7.75 Å². The van der Waals surface area contributed by atoms with Crippen molar-refractivity contribution in [2.24, 2.45) is 5.50 Å². The summed E-state index contributed by atoms with van der Waals surface area (Å²) in [6, 6.07) is 0.923. The molecule has 14 heteroatoms. The first-order chi connectivity index (χ1) is 11.8. The first kappa shape index (κ1) is 21.0. The summed E-state index contributed by atoms with van der Waals surface area (Å²) in [5.74, 6) is 0. The van der Waals surface area contributed by atoms with Gasteiger partial charge in [-0.1, -0.05) is 19.6 Å². The summed E-state index contributed by atoms with van der Waals surface area (Å²) in [5, 5.41) is 30.4. The normalized spacial score (nSPS) is 30.0. The summed E-state index contributed by atoms with van der Waals surface area (Å²) in [4.78, 5) is 24.4. The number of nitrogens with zero attached hydrogens (tertiary/aromatic N) is 1. The highest BCUT2D eigenvalue weighted by molar-refractivity contribution is 7.51. The number of aromatic amines is 1. The highest BCUT2D eigenvalue weighted by atomic mass is 31.2. The van der Waals surface area contributed by atoms with Gasteiger partial charge in [-0.15, -0.1) is 4.73 Å². The Kier molecular flexibility index (Phi) is 5.95. The number of aromatic nitrogens is 2. The Morgan fingerprint density at radius 3 is 2.50 bits per heavy atom. The van der Waals surface area contributed by atoms with Crippen molar-refractivity contribution in [1.82, 2.24) is 9.71 Å². The summed E-state index contributed by atoms with van der Waals surface area (Å²) in [6.45, 7) is 5.48. The molecule has 1 saturated heterocycles. The number of ether oxygens (including phenoxy) is 1. The monoisotopic (exact) mass is 411 g/mol. The number of aliphatic hydroxyl groups excluding tert-OH is 3. The number of hydrogen-bond donors (Lipinski definition) is 5. The summed E-state index contributed by atoms with van der Waals surface area (Å²) in [5.41, 5.74) is 2.59. The molecule has 0 amide bonds. The van der Waals surface area contributed by atoms with Crippen LogP contribution in [0.25, 0.3) is 0 Å². The predicted molar refractivity (Wildman–Crippen MR) is 90.8 cm³/mol. The van der Waals surface area contributed by atoms with Gasteiger partial charge in [-0.05, 0) is 0 Å². The second kappa shape index (κ2) is 7.36. The van der Waals surface area contributed by atoms with Crippen molar-refractivity contribution in [3.8, 4) is 0 Å². The van der Waals surface area contributed by atoms with E-state index in [1.165, 1.54) is 0 Å². The second-order valence-electron chi connectivity index (χ2n) is 6.92. The Morgan fingerprint density at radius 1 is 1.35 bits per heavy atom. The molecule has 1 aliphatic heterocycles. The third kappa shape index (κ3) is 4.69. The smallest absolute Gasteiger partial charge is 0.394 e. The van der Waals surface area contributed by atoms with E-state index < -0.39 is 57.4 Å². The molecular weight excluding hydrogens is 389 g/mol. The Hall–Kier alpha value is -1.31. The zero-order valence-corrected chi connectivity index (χ0v) is 16.2. The van der Waals surface area contributed by atoms with Crippen molar-refractivity contribution in [3.63, 3.8) is 0 Å². The first-order valence-corrected chi connectivity index (χ1v) is 12.8. The summed E-state index contributed by atoms with van der Waals surface area (Å²) in [6.07, 6.45) is -5.10. The third-order valence-corrected chi connectivity index (χ3v) is 6.71. The molecule has 2 heterocycles. The summed E-state index contributed by atoms with van der Waals surface area (Å²) >= 11 is 0. The second-order valence-corrected chi connectivity index (χ2v) is 13.7. The molecule has 0 spiro atoms. The molecule has 6 atom stereocenters. The van der Waals surface area contributed by atoms with Crippen LogP contribution in [-0.2, 0) is 13.8 Å². The lowest BCUT2D eigenvalue weighted by molar-refractivity contribution is -0.127. The lowest BCUT2D eigenvalue weighted by Gasteiger charge is -2.30. The van der Waals surface area contributed by atoms with Gasteiger partial charge in [0.1, 0.15) is 18.3 Å². The van der Waals surface area contributed by atoms with Gasteiger partial charge in [0.05, 0.1) is 20.0 Å². The topological polar surface area (TPSA) is 186 Å². The van der Waals surface area contributed by atoms with Crippen molar-refractivity contribution in [2.75, 3.05) is 0 Å². The third-order valence-electron chi connectivity index (χ3n) is 3.70. The Bertz CT molecular complexity index is 806. The van der Waals surface area contributed by atoms with Crippen molar-refractivity contribution in [2.45, 2.75) is 50.0 Å². The molecule has 0 aromatic carbocycles. The number of hydrogen-bond acceptors (Lipinski definition) is 9. The van der Waals surface area contributed by atoms with E-state index in [0.29, 0.717) is 4.73 Å². The van der Waals surface area contributed by atoms with Crippen molar-refractivity contribution in [3.05, 3.63) is 33.1 Å². The van der Waals surface area contributed by atoms with Gasteiger partial charge in [-0.3, -0.25) is 14.3 Å². The van der Waals surface area contributed by atoms with Gasteiger partial charge in [0.2, 0.25) is 0 Å². The average Bonchev–Trinajstić information content (AvgIpc) is 2.76. The number of nitrogens with one attached hydrogen (secondary N) is 1. The maximum absolute atomic E-state index is 12.3. The number of aliphatic hydroxyl groups is 3. The largest absolute Gasteiger partial charge is 0.477 e. The highest BCUT2D eigenvalue weighted by Gasteiger charge is 2.51. The maximum atomic E-state index is 12.3. The molecule has 0 radical (unpaired) electrons. The molecular formula is C12H22N3O9PSi. The molecule has 1 aliphatic rings. The van der Waals surface area contributed by atoms with Gasteiger partial charge in [0.15, 0.2) is 6.29 Å². The quantitative estimate of drug-likeness (QED) is 0.252. The SMILES string of the molecule is C[Si](C)(C)C(O)[C@H]1OC(OP(N)(=O)On2ccc(=O)[nH]c2=O)[C@@H](O)[C@@H]1O. The van der Waals surface area contributed by atoms with Crippen LogP contribution in [0.1, 0.15) is 0 Å². The fraction of sp³-hybridized carbons (Fsp3) is 0.667. The lowest BCUT2D eigenvalue weighted by Crippen LogP contribution is -2.51. The minimum absolute atomic E-state index is 0.383. The van der Waals surface area contributed by atoms with Crippen LogP contribution in [0.4, 0.5) is 0 Å². The molecule has 6 N–H and O–H groups in total. The van der Waals surface area contributed by atoms with Crippen LogP contribution in [0.3, 0.4) is 0 Å². The zero-order valence-electron chi connectivity index (χ0n) is 14.3. The fourth-order valence-electron chi connectivity index (χ4n) is 2.27. The van der Waals surface area contributed by atoms with E-state index in [1.807, 2.05) is 24.6 Å². The van der Waals surface area contributed by atoms with Crippen molar-refractivity contribution in [1.29, 1.82) is 0 Å². The van der Waals surface area contributed by atoms with Crippen LogP contribution < -0.4 is 21.4 Å². The standard InChI is InChI=1S/C12H22N3O9PSi/c1-26(2,3)10(19)9-7(17)8(18)11(22-9)23-25(13,21)24-15-5-4-6(16)14-12(15)20/h4-5,7-11,17-19H,1-3H3,(H2,13,21)(H,14,16,20)/t7-,8-,9-,10?,11?,25?/m0/s1. The molecule has 0 bridgehead atoms. The molecule has 1 aromatic heterocycles. The lowest BCUT2D eigenvalue weighted by atomic mass is 10.1. The number of rotatable bonds is 6. The van der Waals surface area contributed by atoms with E-state index in [2.05, 4.69) is 0 Å². The van der Waals surface area contributed by atoms with Gasteiger partial charge < -0.3 is 24.7 Å². The average molecular weight is 411 g/mol. The van der Waals surface area contributed by atoms with Crippen molar-refractivity contribution < 1.29 is 33.8 Å². The van der Waals surface area contributed by atoms with Crippen molar-refractivity contribution >= 4 is 15.8 Å². The highest BCUT2D eigenvalue weighted by Crippen LogP contribution is 2.41. The van der Waals surface area contributed by atoms with E-state index in [1.54, 1.807) is 0 Å². The van der Waals surface area contributed by atoms with Gasteiger partial charge in [0, 0.05) is 6.07 Å². The minimum atomic E-state index is -4.49. The molecule has 0 saturated carbocycles. The predicted octanol–water partition coefficient (Wildman–Crippen LogP) is -2.27. The number of H-pyrrole nitrogens is 1. The fourth-order valence-corrected chi connectivity index (χ4v) is 4.41. The molecule has 26 heavy (non-hydrogen) atoms. The van der Waals surface area contributed by atoms with Gasteiger partial charge in [0.25, 0.3) is 5.56 Å². The zero-order chi connectivity index (χ0) is 19.9. The summed E-state index contributed by atoms with van der Waals surface area (Å²) < 4.78 is 27.5. The maximum Gasteiger partial charge on any atom is 0.477 e. The summed E-state index contributed by atoms with van der Waals surface area (Å²) in [7, 11) is -6.66. The van der Waals surface area contributed by atoms with E-state index in [4.69, 9.17) is 19.4 Å². The van der Waals surface area contributed by atoms with Crippen LogP contribution in [0.5, 0.6) is 0 Å². The van der Waals surface area contributed by atoms with Crippen LogP contribution in [0.2, 0.25) is 19.6 Å².